The van der Waals surface area contributed by atoms with Gasteiger partial charge in [0.25, 0.3) is 0 Å². The Bertz CT molecular complexity index is 767. The van der Waals surface area contributed by atoms with Crippen molar-refractivity contribution in [2.45, 2.75) is 59.7 Å². The topological polar surface area (TPSA) is 91.9 Å². The number of hydrogen-bond donors (Lipinski definition) is 3. The van der Waals surface area contributed by atoms with Crippen LogP contribution >= 0.6 is 0 Å². The van der Waals surface area contributed by atoms with Gasteiger partial charge in [-0.25, -0.2) is 0 Å². The van der Waals surface area contributed by atoms with Gasteiger partial charge in [0, 0.05) is 18.7 Å². The van der Waals surface area contributed by atoms with Gasteiger partial charge in [0.1, 0.15) is 11.5 Å². The zero-order valence-corrected chi connectivity index (χ0v) is 18.2. The van der Waals surface area contributed by atoms with Crippen LogP contribution in [-0.2, 0) is 6.42 Å². The summed E-state index contributed by atoms with van der Waals surface area (Å²) in [5, 5.41) is 21.0. The number of hydrogen-bond acceptors (Lipinski definition) is 5. The molecule has 1 atom stereocenters. The summed E-state index contributed by atoms with van der Waals surface area (Å²) >= 11 is 0. The third-order valence-corrected chi connectivity index (χ3v) is 4.46. The molecule has 0 saturated carbocycles. The Morgan fingerprint density at radius 2 is 2.07 bits per heavy atom. The zero-order valence-electron chi connectivity index (χ0n) is 18.2. The minimum Gasteiger partial charge on any atom is -0.491 e. The molecule has 1 aromatic carbocycles. The molecule has 1 unspecified atom stereocenters. The standard InChI is InChI=1S/C22H34N4O3/c1-6-23-22(24-12-8-11-20-16(4)26-29-17(20)5)25-14-21(27)18-9-7-10-19(13-18)28-15(2)3/h7,9-10,13,15,21,27H,6,8,11-12,14H2,1-5H3,(H2,23,24,25). The van der Waals surface area contributed by atoms with Crippen LogP contribution in [0.5, 0.6) is 5.75 Å². The van der Waals surface area contributed by atoms with Crippen LogP contribution < -0.4 is 15.4 Å². The minimum atomic E-state index is -0.691. The van der Waals surface area contributed by atoms with Crippen LogP contribution in [0.25, 0.3) is 0 Å². The largest absolute Gasteiger partial charge is 0.491 e. The van der Waals surface area contributed by atoms with Crippen LogP contribution in [0.15, 0.2) is 33.8 Å². The zero-order chi connectivity index (χ0) is 21.2. The first-order valence-electron chi connectivity index (χ1n) is 10.3. The Balaban J connectivity index is 1.87. The summed E-state index contributed by atoms with van der Waals surface area (Å²) in [6, 6.07) is 7.53. The van der Waals surface area contributed by atoms with Crippen molar-refractivity contribution in [3.05, 3.63) is 46.8 Å². The van der Waals surface area contributed by atoms with E-state index in [0.29, 0.717) is 5.96 Å². The van der Waals surface area contributed by atoms with Gasteiger partial charge in [-0.1, -0.05) is 17.3 Å². The fourth-order valence-electron chi connectivity index (χ4n) is 3.02. The van der Waals surface area contributed by atoms with E-state index < -0.39 is 6.10 Å². The van der Waals surface area contributed by atoms with E-state index in [1.54, 1.807) is 0 Å². The molecule has 1 heterocycles. The SMILES string of the molecule is CCNC(=NCC(O)c1cccc(OC(C)C)c1)NCCCc1c(C)noc1C. The Hall–Kier alpha value is -2.54. The third-order valence-electron chi connectivity index (χ3n) is 4.46. The molecule has 7 heteroatoms. The summed E-state index contributed by atoms with van der Waals surface area (Å²) in [6.45, 7) is 11.7. The number of aromatic nitrogens is 1. The lowest BCUT2D eigenvalue weighted by molar-refractivity contribution is 0.185. The molecule has 0 spiro atoms. The first-order chi connectivity index (χ1) is 13.9. The average molecular weight is 403 g/mol. The van der Waals surface area contributed by atoms with E-state index in [9.17, 15) is 5.11 Å². The number of nitrogens with zero attached hydrogens (tertiary/aromatic N) is 2. The van der Waals surface area contributed by atoms with Crippen LogP contribution in [0.4, 0.5) is 0 Å². The first-order valence-corrected chi connectivity index (χ1v) is 10.3. The van der Waals surface area contributed by atoms with Crippen LogP contribution in [0.3, 0.4) is 0 Å². The lowest BCUT2D eigenvalue weighted by atomic mass is 10.1. The van der Waals surface area contributed by atoms with Gasteiger partial charge in [0.05, 0.1) is 24.4 Å². The molecule has 2 aromatic rings. The Labute approximate surface area is 173 Å². The molecule has 0 aliphatic carbocycles. The van der Waals surface area contributed by atoms with E-state index >= 15 is 0 Å². The van der Waals surface area contributed by atoms with Gasteiger partial charge in [0.2, 0.25) is 0 Å². The highest BCUT2D eigenvalue weighted by Crippen LogP contribution is 2.20. The van der Waals surface area contributed by atoms with Gasteiger partial charge in [-0.2, -0.15) is 0 Å². The highest BCUT2D eigenvalue weighted by Gasteiger charge is 2.10. The van der Waals surface area contributed by atoms with Crippen LogP contribution in [0.2, 0.25) is 0 Å². The molecule has 29 heavy (non-hydrogen) atoms. The second kappa shape index (κ2) is 11.5. The summed E-state index contributed by atoms with van der Waals surface area (Å²) in [5.41, 5.74) is 2.92. The molecule has 0 aliphatic heterocycles. The molecule has 1 aromatic heterocycles. The lowest BCUT2D eigenvalue weighted by Gasteiger charge is -2.15. The molecule has 0 aliphatic rings. The second-order valence-corrected chi connectivity index (χ2v) is 7.31. The number of aliphatic hydroxyl groups excluding tert-OH is 1. The van der Waals surface area contributed by atoms with E-state index in [2.05, 4.69) is 20.8 Å². The summed E-state index contributed by atoms with van der Waals surface area (Å²) in [5.74, 6) is 2.33. The molecule has 0 saturated heterocycles. The highest BCUT2D eigenvalue weighted by molar-refractivity contribution is 5.79. The molecule has 0 bridgehead atoms. The average Bonchev–Trinajstić information content (AvgIpc) is 3.00. The molecule has 0 amide bonds. The van der Waals surface area contributed by atoms with Crippen molar-refractivity contribution < 1.29 is 14.4 Å². The van der Waals surface area contributed by atoms with E-state index in [4.69, 9.17) is 9.26 Å². The molecule has 2 rings (SSSR count). The van der Waals surface area contributed by atoms with Gasteiger partial charge in [0.15, 0.2) is 5.96 Å². The maximum atomic E-state index is 10.5. The number of ether oxygens (including phenoxy) is 1. The van der Waals surface area contributed by atoms with Crippen molar-refractivity contribution >= 4 is 5.96 Å². The fourth-order valence-corrected chi connectivity index (χ4v) is 3.02. The van der Waals surface area contributed by atoms with Crippen molar-refractivity contribution in [1.29, 1.82) is 0 Å². The number of aliphatic hydroxyl groups is 1. The summed E-state index contributed by atoms with van der Waals surface area (Å²) in [7, 11) is 0. The Kier molecular flexibility index (Phi) is 8.99. The van der Waals surface area contributed by atoms with Crippen molar-refractivity contribution in [3.63, 3.8) is 0 Å². The van der Waals surface area contributed by atoms with Crippen LogP contribution in [-0.4, -0.2) is 42.0 Å². The normalized spacial score (nSPS) is 12.9. The Morgan fingerprint density at radius 3 is 2.72 bits per heavy atom. The summed E-state index contributed by atoms with van der Waals surface area (Å²) < 4.78 is 10.9. The van der Waals surface area contributed by atoms with Crippen LogP contribution in [0, 0.1) is 13.8 Å². The maximum absolute atomic E-state index is 10.5. The van der Waals surface area contributed by atoms with E-state index in [0.717, 1.165) is 48.7 Å². The van der Waals surface area contributed by atoms with Gasteiger partial charge in [-0.3, -0.25) is 4.99 Å². The molecule has 0 fully saturated rings. The number of nitrogens with one attached hydrogen (secondary N) is 2. The van der Waals surface area contributed by atoms with Crippen molar-refractivity contribution in [2.75, 3.05) is 19.6 Å². The predicted octanol–water partition coefficient (Wildman–Crippen LogP) is 3.30. The van der Waals surface area contributed by atoms with Crippen molar-refractivity contribution in [1.82, 2.24) is 15.8 Å². The first kappa shape index (κ1) is 22.7. The van der Waals surface area contributed by atoms with Crippen molar-refractivity contribution in [3.8, 4) is 5.75 Å². The lowest BCUT2D eigenvalue weighted by Crippen LogP contribution is -2.38. The monoisotopic (exact) mass is 402 g/mol. The van der Waals surface area contributed by atoms with Crippen molar-refractivity contribution in [2.24, 2.45) is 4.99 Å². The maximum Gasteiger partial charge on any atom is 0.191 e. The molecule has 0 radical (unpaired) electrons. The van der Waals surface area contributed by atoms with Gasteiger partial charge in [-0.15, -0.1) is 0 Å². The van der Waals surface area contributed by atoms with E-state index in [1.165, 1.54) is 5.56 Å². The molecular formula is C22H34N4O3. The predicted molar refractivity (Wildman–Crippen MR) is 115 cm³/mol. The third kappa shape index (κ3) is 7.42. The quantitative estimate of drug-likeness (QED) is 0.321. The number of rotatable bonds is 10. The van der Waals surface area contributed by atoms with Gasteiger partial charge < -0.3 is 25.0 Å². The van der Waals surface area contributed by atoms with E-state index in [1.807, 2.05) is 58.9 Å². The van der Waals surface area contributed by atoms with E-state index in [-0.39, 0.29) is 12.6 Å². The molecule has 160 valence electrons. The minimum absolute atomic E-state index is 0.0929. The fraction of sp³-hybridized carbons (Fsp3) is 0.545. The number of benzene rings is 1. The molecular weight excluding hydrogens is 368 g/mol. The summed E-state index contributed by atoms with van der Waals surface area (Å²) in [4.78, 5) is 4.52. The summed E-state index contributed by atoms with van der Waals surface area (Å²) in [6.07, 6.45) is 1.24. The molecule has 3 N–H and O–H groups in total. The van der Waals surface area contributed by atoms with Gasteiger partial charge in [-0.05, 0) is 65.2 Å². The number of aliphatic imine (C=N–C) groups is 1. The smallest absolute Gasteiger partial charge is 0.191 e. The molecule has 7 nitrogen and oxygen atoms in total. The Morgan fingerprint density at radius 1 is 1.28 bits per heavy atom. The highest BCUT2D eigenvalue weighted by atomic mass is 16.5. The second-order valence-electron chi connectivity index (χ2n) is 7.31. The van der Waals surface area contributed by atoms with Crippen LogP contribution in [0.1, 0.15) is 55.9 Å². The number of aryl methyl sites for hydroxylation is 2. The number of guanidine groups is 1. The van der Waals surface area contributed by atoms with Gasteiger partial charge >= 0.3 is 0 Å².